The van der Waals surface area contributed by atoms with Crippen molar-refractivity contribution in [2.45, 2.75) is 57.3 Å². The van der Waals surface area contributed by atoms with Crippen LogP contribution >= 0.6 is 0 Å². The van der Waals surface area contributed by atoms with E-state index in [0.717, 1.165) is 0 Å². The van der Waals surface area contributed by atoms with E-state index in [4.69, 9.17) is 22.3 Å². The van der Waals surface area contributed by atoms with E-state index >= 15 is 0 Å². The van der Waals surface area contributed by atoms with Gasteiger partial charge in [-0.25, -0.2) is 4.98 Å². The van der Waals surface area contributed by atoms with Crippen LogP contribution in [0.3, 0.4) is 0 Å². The molecule has 11 N–H and O–H groups in total. The predicted octanol–water partition coefficient (Wildman–Crippen LogP) is -3.09. The number of aromatic nitrogens is 2. The van der Waals surface area contributed by atoms with Gasteiger partial charge >= 0.3 is 5.97 Å². The number of H-pyrrole nitrogens is 1. The van der Waals surface area contributed by atoms with E-state index in [1.165, 1.54) is 26.4 Å². The maximum atomic E-state index is 12.7. The Morgan fingerprint density at radius 2 is 1.75 bits per heavy atom. The van der Waals surface area contributed by atoms with Crippen LogP contribution in [0, 0.1) is 0 Å². The summed E-state index contributed by atoms with van der Waals surface area (Å²) in [6, 6.07) is -4.13. The summed E-state index contributed by atoms with van der Waals surface area (Å²) in [6.45, 7) is 2.92. The number of carboxylic acids is 1. The molecule has 0 saturated heterocycles. The standard InChI is InChI=1S/C18H31N9O5/c1-9(14(28)26-10(2)17(31)32)25-16(30)13(4-3-5-23-18(20)21)27-15(29)12(19)6-11-7-22-8-24-11/h7-10,12-13H,3-6,19H2,1-2H3,(H,22,24)(H,25,30)(H,26,28)(H,27,29)(H,31,32)(H4,20,21,23). The predicted molar refractivity (Wildman–Crippen MR) is 115 cm³/mol. The number of guanidine groups is 1. The van der Waals surface area contributed by atoms with Crippen LogP contribution < -0.4 is 33.2 Å². The third kappa shape index (κ3) is 9.42. The monoisotopic (exact) mass is 453 g/mol. The summed E-state index contributed by atoms with van der Waals surface area (Å²) in [5, 5.41) is 16.2. The smallest absolute Gasteiger partial charge is 0.325 e. The number of amides is 3. The van der Waals surface area contributed by atoms with Gasteiger partial charge in [-0.3, -0.25) is 24.2 Å². The number of aliphatic imine (C=N–C) groups is 1. The van der Waals surface area contributed by atoms with Crippen LogP contribution in [0.25, 0.3) is 0 Å². The van der Waals surface area contributed by atoms with Gasteiger partial charge in [0.05, 0.1) is 12.4 Å². The molecular formula is C18H31N9O5. The zero-order valence-corrected chi connectivity index (χ0v) is 18.0. The second-order valence-corrected chi connectivity index (χ2v) is 7.20. The molecule has 14 nitrogen and oxygen atoms in total. The number of carboxylic acid groups (broad SMARTS) is 1. The first-order chi connectivity index (χ1) is 15.0. The molecule has 0 aliphatic carbocycles. The third-order valence-electron chi connectivity index (χ3n) is 4.39. The Morgan fingerprint density at radius 1 is 1.09 bits per heavy atom. The van der Waals surface area contributed by atoms with Gasteiger partial charge in [-0.05, 0) is 26.7 Å². The van der Waals surface area contributed by atoms with E-state index in [2.05, 4.69) is 30.9 Å². The number of carbonyl (C=O) groups excluding carboxylic acids is 3. The number of hydrogen-bond donors (Lipinski definition) is 8. The number of carbonyl (C=O) groups is 4. The lowest BCUT2D eigenvalue weighted by Crippen LogP contribution is -2.56. The highest BCUT2D eigenvalue weighted by atomic mass is 16.4. The molecule has 0 aliphatic rings. The summed E-state index contributed by atoms with van der Waals surface area (Å²) < 4.78 is 0. The average molecular weight is 454 g/mol. The normalized spacial score (nSPS) is 14.3. The Kier molecular flexibility index (Phi) is 10.6. The molecule has 0 radical (unpaired) electrons. The number of aliphatic carboxylic acids is 1. The Bertz CT molecular complexity index is 808. The van der Waals surface area contributed by atoms with Crippen LogP contribution in [0.1, 0.15) is 32.4 Å². The Hall–Kier alpha value is -3.68. The summed E-state index contributed by atoms with van der Waals surface area (Å²) in [7, 11) is 0. The zero-order valence-electron chi connectivity index (χ0n) is 18.0. The molecule has 0 aromatic carbocycles. The minimum absolute atomic E-state index is 0.102. The molecule has 32 heavy (non-hydrogen) atoms. The highest BCUT2D eigenvalue weighted by Gasteiger charge is 2.27. The Labute approximate surface area is 184 Å². The maximum absolute atomic E-state index is 12.7. The van der Waals surface area contributed by atoms with Gasteiger partial charge in [0.15, 0.2) is 5.96 Å². The van der Waals surface area contributed by atoms with Crippen molar-refractivity contribution in [2.75, 3.05) is 6.54 Å². The van der Waals surface area contributed by atoms with Gasteiger partial charge in [0.25, 0.3) is 0 Å². The molecule has 4 atom stereocenters. The van der Waals surface area contributed by atoms with E-state index in [-0.39, 0.29) is 25.3 Å². The highest BCUT2D eigenvalue weighted by Crippen LogP contribution is 2.03. The van der Waals surface area contributed by atoms with Crippen LogP contribution in [0.15, 0.2) is 17.5 Å². The lowest BCUT2D eigenvalue weighted by molar-refractivity contribution is -0.141. The summed E-state index contributed by atoms with van der Waals surface area (Å²) in [4.78, 5) is 58.7. The lowest BCUT2D eigenvalue weighted by Gasteiger charge is -2.23. The minimum atomic E-state index is -1.21. The molecule has 0 aliphatic heterocycles. The van der Waals surface area contributed by atoms with Gasteiger partial charge < -0.3 is 43.2 Å². The number of nitrogens with two attached hydrogens (primary N) is 3. The van der Waals surface area contributed by atoms with Crippen molar-refractivity contribution in [3.8, 4) is 0 Å². The lowest BCUT2D eigenvalue weighted by atomic mass is 10.1. The number of rotatable bonds is 13. The molecule has 0 saturated carbocycles. The summed E-state index contributed by atoms with van der Waals surface area (Å²) in [5.41, 5.74) is 17.1. The number of imidazole rings is 1. The first-order valence-electron chi connectivity index (χ1n) is 9.93. The molecule has 1 rings (SSSR count). The molecule has 0 fully saturated rings. The van der Waals surface area contributed by atoms with Crippen molar-refractivity contribution < 1.29 is 24.3 Å². The minimum Gasteiger partial charge on any atom is -0.480 e. The summed E-state index contributed by atoms with van der Waals surface area (Å²) in [5.74, 6) is -3.21. The molecule has 3 amide bonds. The van der Waals surface area contributed by atoms with Gasteiger partial charge in [0, 0.05) is 24.9 Å². The molecule has 0 bridgehead atoms. The number of hydrogen-bond acceptors (Lipinski definition) is 7. The third-order valence-corrected chi connectivity index (χ3v) is 4.39. The summed E-state index contributed by atoms with van der Waals surface area (Å²) in [6.07, 6.45) is 3.70. The molecule has 1 aromatic heterocycles. The molecule has 4 unspecified atom stereocenters. The molecule has 178 valence electrons. The van der Waals surface area contributed by atoms with E-state index in [1.807, 2.05) is 0 Å². The van der Waals surface area contributed by atoms with Crippen LogP contribution in [-0.4, -0.2) is 75.4 Å². The molecule has 1 aromatic rings. The van der Waals surface area contributed by atoms with Crippen molar-refractivity contribution >= 4 is 29.7 Å². The van der Waals surface area contributed by atoms with Crippen molar-refractivity contribution in [1.29, 1.82) is 0 Å². The maximum Gasteiger partial charge on any atom is 0.325 e. The average Bonchev–Trinajstić information content (AvgIpc) is 3.22. The quantitative estimate of drug-likeness (QED) is 0.0855. The van der Waals surface area contributed by atoms with Gasteiger partial charge in [-0.2, -0.15) is 0 Å². The van der Waals surface area contributed by atoms with Crippen LogP contribution in [-0.2, 0) is 25.6 Å². The van der Waals surface area contributed by atoms with Crippen LogP contribution in [0.2, 0.25) is 0 Å². The van der Waals surface area contributed by atoms with Gasteiger partial charge in [0.2, 0.25) is 17.7 Å². The van der Waals surface area contributed by atoms with E-state index in [9.17, 15) is 19.2 Å². The van der Waals surface area contributed by atoms with E-state index in [0.29, 0.717) is 12.1 Å². The fourth-order valence-corrected chi connectivity index (χ4v) is 2.56. The second-order valence-electron chi connectivity index (χ2n) is 7.20. The number of nitrogens with zero attached hydrogens (tertiary/aromatic N) is 2. The van der Waals surface area contributed by atoms with Crippen molar-refractivity contribution in [3.05, 3.63) is 18.2 Å². The zero-order chi connectivity index (χ0) is 24.3. The second kappa shape index (κ2) is 12.9. The fourth-order valence-electron chi connectivity index (χ4n) is 2.56. The topological polar surface area (TPSA) is 244 Å². The first kappa shape index (κ1) is 26.4. The van der Waals surface area contributed by atoms with Crippen LogP contribution in [0.4, 0.5) is 0 Å². The SMILES string of the molecule is CC(NC(=O)C(C)NC(=O)C(CCCN=C(N)N)NC(=O)C(N)Cc1cnc[nH]1)C(=O)O. The number of nitrogens with one attached hydrogen (secondary N) is 4. The van der Waals surface area contributed by atoms with Gasteiger partial charge in [-0.1, -0.05) is 0 Å². The summed E-state index contributed by atoms with van der Waals surface area (Å²) >= 11 is 0. The molecule has 14 heteroatoms. The Morgan fingerprint density at radius 3 is 2.31 bits per heavy atom. The molecule has 0 spiro atoms. The number of aromatic amines is 1. The van der Waals surface area contributed by atoms with Gasteiger partial charge in [-0.15, -0.1) is 0 Å². The van der Waals surface area contributed by atoms with Crippen molar-refractivity contribution in [3.63, 3.8) is 0 Å². The first-order valence-corrected chi connectivity index (χ1v) is 9.93. The van der Waals surface area contributed by atoms with Crippen molar-refractivity contribution in [2.24, 2.45) is 22.2 Å². The van der Waals surface area contributed by atoms with E-state index in [1.54, 1.807) is 0 Å². The molecule has 1 heterocycles. The van der Waals surface area contributed by atoms with Crippen molar-refractivity contribution in [1.82, 2.24) is 25.9 Å². The molecular weight excluding hydrogens is 422 g/mol. The Balaban J connectivity index is 2.76. The highest BCUT2D eigenvalue weighted by molar-refractivity contribution is 5.93. The van der Waals surface area contributed by atoms with Gasteiger partial charge in [0.1, 0.15) is 18.1 Å². The van der Waals surface area contributed by atoms with Crippen LogP contribution in [0.5, 0.6) is 0 Å². The largest absolute Gasteiger partial charge is 0.480 e. The van der Waals surface area contributed by atoms with E-state index < -0.39 is 47.9 Å². The fraction of sp³-hybridized carbons (Fsp3) is 0.556.